The second-order valence-corrected chi connectivity index (χ2v) is 7.64. The van der Waals surface area contributed by atoms with Crippen molar-refractivity contribution in [2.75, 3.05) is 49.2 Å². The fourth-order valence-corrected chi connectivity index (χ4v) is 4.09. The van der Waals surface area contributed by atoms with Crippen molar-refractivity contribution in [2.45, 2.75) is 12.5 Å². The summed E-state index contributed by atoms with van der Waals surface area (Å²) in [7, 11) is 0. The standard InChI is InChI=1S/C23H24FN3O5/c1-3-17-18(4-2)22(29)26(21(17)28)8-7-16-14-27(23(30)32-16)15-5-6-20(19(24)13-15)25-9-11-31-12-10-25/h3-6,13,16H,1-2,7-12,14H2/t16-/m0/s1. The van der Waals surface area contributed by atoms with Crippen LogP contribution in [0.5, 0.6) is 0 Å². The van der Waals surface area contributed by atoms with Gasteiger partial charge in [0.2, 0.25) is 0 Å². The predicted octanol–water partition coefficient (Wildman–Crippen LogP) is 2.42. The molecule has 2 fully saturated rings. The molecule has 0 bridgehead atoms. The molecule has 3 amide bonds. The van der Waals surface area contributed by atoms with Crippen molar-refractivity contribution in [1.82, 2.24) is 4.90 Å². The summed E-state index contributed by atoms with van der Waals surface area (Å²) < 4.78 is 25.4. The first kappa shape index (κ1) is 21.8. The van der Waals surface area contributed by atoms with Crippen LogP contribution in [0.1, 0.15) is 6.42 Å². The molecule has 3 aliphatic rings. The van der Waals surface area contributed by atoms with Gasteiger partial charge >= 0.3 is 6.09 Å². The van der Waals surface area contributed by atoms with Crippen LogP contribution < -0.4 is 9.80 Å². The molecule has 0 aliphatic carbocycles. The van der Waals surface area contributed by atoms with Crippen molar-refractivity contribution in [3.05, 3.63) is 60.5 Å². The van der Waals surface area contributed by atoms with Gasteiger partial charge in [-0.25, -0.2) is 9.18 Å². The molecule has 168 valence electrons. The van der Waals surface area contributed by atoms with Gasteiger partial charge in [0.05, 0.1) is 42.3 Å². The number of benzene rings is 1. The number of cyclic esters (lactones) is 1. The molecule has 3 aliphatic heterocycles. The first-order valence-corrected chi connectivity index (χ1v) is 10.4. The first-order chi connectivity index (χ1) is 15.4. The Labute approximate surface area is 185 Å². The average Bonchev–Trinajstić information content (AvgIpc) is 3.28. The van der Waals surface area contributed by atoms with Gasteiger partial charge in [-0.1, -0.05) is 25.3 Å². The summed E-state index contributed by atoms with van der Waals surface area (Å²) in [5, 5.41) is 0. The molecule has 1 aromatic carbocycles. The molecular weight excluding hydrogens is 417 g/mol. The zero-order chi connectivity index (χ0) is 22.8. The molecule has 0 unspecified atom stereocenters. The first-order valence-electron chi connectivity index (χ1n) is 10.4. The highest BCUT2D eigenvalue weighted by Crippen LogP contribution is 2.29. The van der Waals surface area contributed by atoms with E-state index in [1.807, 2.05) is 4.90 Å². The van der Waals surface area contributed by atoms with E-state index in [0.29, 0.717) is 37.7 Å². The molecular formula is C23H24FN3O5. The highest BCUT2D eigenvalue weighted by Gasteiger charge is 2.38. The largest absolute Gasteiger partial charge is 0.444 e. The second kappa shape index (κ2) is 8.96. The van der Waals surface area contributed by atoms with Gasteiger partial charge in [-0.3, -0.25) is 19.4 Å². The Morgan fingerprint density at radius 1 is 1.06 bits per heavy atom. The van der Waals surface area contributed by atoms with E-state index in [1.54, 1.807) is 12.1 Å². The molecule has 0 aromatic heterocycles. The molecule has 1 atom stereocenters. The van der Waals surface area contributed by atoms with Gasteiger partial charge in [-0.2, -0.15) is 0 Å². The SMILES string of the molecule is C=CC1=C(C=C)C(=O)N(CC[C@H]2CN(c3ccc(N4CCOCC4)c(F)c3)C(=O)O2)C1=O. The fourth-order valence-electron chi connectivity index (χ4n) is 4.09. The molecule has 2 saturated heterocycles. The van der Waals surface area contributed by atoms with Gasteiger partial charge < -0.3 is 14.4 Å². The van der Waals surface area contributed by atoms with Crippen LogP contribution in [0, 0.1) is 5.82 Å². The Morgan fingerprint density at radius 3 is 2.31 bits per heavy atom. The average molecular weight is 441 g/mol. The minimum absolute atomic E-state index is 0.0858. The quantitative estimate of drug-likeness (QED) is 0.605. The van der Waals surface area contributed by atoms with E-state index in [1.165, 1.54) is 23.1 Å². The summed E-state index contributed by atoms with van der Waals surface area (Å²) >= 11 is 0. The summed E-state index contributed by atoms with van der Waals surface area (Å²) in [6, 6.07) is 4.65. The van der Waals surface area contributed by atoms with Gasteiger partial charge in [-0.15, -0.1) is 0 Å². The third kappa shape index (κ3) is 3.91. The van der Waals surface area contributed by atoms with E-state index in [-0.39, 0.29) is 30.7 Å². The monoisotopic (exact) mass is 441 g/mol. The van der Waals surface area contributed by atoms with E-state index >= 15 is 0 Å². The van der Waals surface area contributed by atoms with Crippen molar-refractivity contribution in [1.29, 1.82) is 0 Å². The fraction of sp³-hybridized carbons (Fsp3) is 0.348. The summed E-state index contributed by atoms with van der Waals surface area (Å²) in [6.07, 6.45) is 1.81. The summed E-state index contributed by atoms with van der Waals surface area (Å²) in [5.74, 6) is -1.31. The minimum Gasteiger partial charge on any atom is -0.444 e. The number of hydrogen-bond acceptors (Lipinski definition) is 6. The Morgan fingerprint density at radius 2 is 1.72 bits per heavy atom. The number of morpholine rings is 1. The van der Waals surface area contributed by atoms with Crippen molar-refractivity contribution in [3.8, 4) is 0 Å². The van der Waals surface area contributed by atoms with E-state index in [0.717, 1.165) is 4.90 Å². The number of rotatable bonds is 7. The smallest absolute Gasteiger partial charge is 0.414 e. The summed E-state index contributed by atoms with van der Waals surface area (Å²) in [4.78, 5) is 41.6. The summed E-state index contributed by atoms with van der Waals surface area (Å²) in [5.41, 5.74) is 1.29. The lowest BCUT2D eigenvalue weighted by Gasteiger charge is -2.29. The van der Waals surface area contributed by atoms with Crippen LogP contribution >= 0.6 is 0 Å². The third-order valence-corrected chi connectivity index (χ3v) is 5.79. The number of anilines is 2. The Kier molecular flexibility index (Phi) is 6.09. The molecule has 8 nitrogen and oxygen atoms in total. The van der Waals surface area contributed by atoms with Gasteiger partial charge in [0.25, 0.3) is 11.8 Å². The van der Waals surface area contributed by atoms with Crippen molar-refractivity contribution in [2.24, 2.45) is 0 Å². The molecule has 4 rings (SSSR count). The Balaban J connectivity index is 1.39. The lowest BCUT2D eigenvalue weighted by Crippen LogP contribution is -2.36. The van der Waals surface area contributed by atoms with Crippen LogP contribution in [0.2, 0.25) is 0 Å². The number of nitrogens with zero attached hydrogens (tertiary/aromatic N) is 3. The molecule has 0 radical (unpaired) electrons. The topological polar surface area (TPSA) is 79.4 Å². The molecule has 1 aromatic rings. The molecule has 32 heavy (non-hydrogen) atoms. The molecule has 9 heteroatoms. The van der Waals surface area contributed by atoms with Gasteiger partial charge in [0.15, 0.2) is 0 Å². The Hall–Kier alpha value is -3.46. The highest BCUT2D eigenvalue weighted by molar-refractivity contribution is 6.21. The highest BCUT2D eigenvalue weighted by atomic mass is 19.1. The maximum absolute atomic E-state index is 14.7. The van der Waals surface area contributed by atoms with Crippen LogP contribution in [0.15, 0.2) is 54.7 Å². The van der Waals surface area contributed by atoms with Crippen molar-refractivity contribution < 1.29 is 28.2 Å². The van der Waals surface area contributed by atoms with Crippen LogP contribution in [0.3, 0.4) is 0 Å². The Bertz CT molecular complexity index is 985. The lowest BCUT2D eigenvalue weighted by molar-refractivity contribution is -0.137. The number of amides is 3. The van der Waals surface area contributed by atoms with Crippen LogP contribution in [-0.2, 0) is 19.1 Å². The zero-order valence-electron chi connectivity index (χ0n) is 17.6. The molecule has 3 heterocycles. The van der Waals surface area contributed by atoms with E-state index in [4.69, 9.17) is 9.47 Å². The van der Waals surface area contributed by atoms with Crippen molar-refractivity contribution in [3.63, 3.8) is 0 Å². The van der Waals surface area contributed by atoms with Crippen LogP contribution in [0.25, 0.3) is 0 Å². The number of hydrogen-bond donors (Lipinski definition) is 0. The third-order valence-electron chi connectivity index (χ3n) is 5.79. The molecule has 0 N–H and O–H groups in total. The van der Waals surface area contributed by atoms with E-state index < -0.39 is 29.8 Å². The maximum atomic E-state index is 14.7. The normalized spacial score (nSPS) is 21.5. The van der Waals surface area contributed by atoms with Gasteiger partial charge in [0.1, 0.15) is 11.9 Å². The zero-order valence-corrected chi connectivity index (χ0v) is 17.6. The van der Waals surface area contributed by atoms with E-state index in [2.05, 4.69) is 13.2 Å². The van der Waals surface area contributed by atoms with Crippen molar-refractivity contribution >= 4 is 29.3 Å². The number of imide groups is 1. The lowest BCUT2D eigenvalue weighted by atomic mass is 10.1. The summed E-state index contributed by atoms with van der Waals surface area (Å²) in [6.45, 7) is 9.72. The molecule has 0 saturated carbocycles. The molecule has 0 spiro atoms. The number of halogens is 1. The van der Waals surface area contributed by atoms with E-state index in [9.17, 15) is 18.8 Å². The maximum Gasteiger partial charge on any atom is 0.414 e. The number of carbonyl (C=O) groups excluding carboxylic acids is 3. The number of carbonyl (C=O) groups is 3. The second-order valence-electron chi connectivity index (χ2n) is 7.64. The minimum atomic E-state index is -0.593. The predicted molar refractivity (Wildman–Crippen MR) is 116 cm³/mol. The van der Waals surface area contributed by atoms with Crippen LogP contribution in [-0.4, -0.2) is 68.3 Å². The van der Waals surface area contributed by atoms with Crippen LogP contribution in [0.4, 0.5) is 20.6 Å². The number of ether oxygens (including phenoxy) is 2. The van der Waals surface area contributed by atoms with Gasteiger partial charge in [-0.05, 0) is 18.2 Å². The van der Waals surface area contributed by atoms with Gasteiger partial charge in [0, 0.05) is 26.1 Å².